The SMILES string of the molecule is C=CC=C(C#N)C(=C)F. The Labute approximate surface area is 53.4 Å². The predicted molar refractivity (Wildman–Crippen MR) is 34.1 cm³/mol. The molecule has 0 spiro atoms. The van der Waals surface area contributed by atoms with Gasteiger partial charge in [0.2, 0.25) is 0 Å². The van der Waals surface area contributed by atoms with E-state index >= 15 is 0 Å². The normalized spacial score (nSPS) is 10.0. The van der Waals surface area contributed by atoms with Gasteiger partial charge in [-0.2, -0.15) is 5.26 Å². The third-order valence-corrected chi connectivity index (χ3v) is 0.697. The molecular weight excluding hydrogens is 117 g/mol. The van der Waals surface area contributed by atoms with Gasteiger partial charge in [-0.3, -0.25) is 0 Å². The van der Waals surface area contributed by atoms with Gasteiger partial charge in [0, 0.05) is 0 Å². The monoisotopic (exact) mass is 123 g/mol. The first-order chi connectivity index (χ1) is 4.22. The Hall–Kier alpha value is -1.36. The average Bonchev–Trinajstić information content (AvgIpc) is 1.82. The number of nitriles is 1. The molecule has 0 heterocycles. The second-order valence-corrected chi connectivity index (χ2v) is 1.33. The maximum atomic E-state index is 12.0. The number of allylic oxidation sites excluding steroid dienone is 4. The number of hydrogen-bond donors (Lipinski definition) is 0. The summed E-state index contributed by atoms with van der Waals surface area (Å²) >= 11 is 0. The van der Waals surface area contributed by atoms with Crippen LogP contribution in [0.5, 0.6) is 0 Å². The van der Waals surface area contributed by atoms with Crippen LogP contribution in [-0.4, -0.2) is 0 Å². The fourth-order valence-corrected chi connectivity index (χ4v) is 0.306. The molecule has 9 heavy (non-hydrogen) atoms. The van der Waals surface area contributed by atoms with Gasteiger partial charge in [-0.1, -0.05) is 19.2 Å². The predicted octanol–water partition coefficient (Wildman–Crippen LogP) is 2.11. The molecular formula is C7H6FN. The average molecular weight is 123 g/mol. The van der Waals surface area contributed by atoms with Crippen molar-refractivity contribution in [1.29, 1.82) is 5.26 Å². The van der Waals surface area contributed by atoms with Crippen LogP contribution in [0.25, 0.3) is 0 Å². The highest BCUT2D eigenvalue weighted by molar-refractivity contribution is 5.38. The Balaban J connectivity index is 4.38. The summed E-state index contributed by atoms with van der Waals surface area (Å²) in [6.45, 7) is 6.24. The Bertz CT molecular complexity index is 195. The van der Waals surface area contributed by atoms with E-state index in [0.717, 1.165) is 0 Å². The summed E-state index contributed by atoms with van der Waals surface area (Å²) in [5.41, 5.74) is -0.0787. The zero-order chi connectivity index (χ0) is 7.28. The molecule has 0 aliphatic heterocycles. The van der Waals surface area contributed by atoms with Crippen molar-refractivity contribution in [3.05, 3.63) is 36.7 Å². The van der Waals surface area contributed by atoms with Crippen LogP contribution in [0.2, 0.25) is 0 Å². The van der Waals surface area contributed by atoms with Gasteiger partial charge in [0.25, 0.3) is 0 Å². The molecule has 0 aliphatic rings. The minimum atomic E-state index is -0.725. The smallest absolute Gasteiger partial charge is 0.133 e. The van der Waals surface area contributed by atoms with Gasteiger partial charge in [0.15, 0.2) is 0 Å². The first-order valence-corrected chi connectivity index (χ1v) is 2.30. The Morgan fingerprint density at radius 3 is 2.33 bits per heavy atom. The van der Waals surface area contributed by atoms with Gasteiger partial charge < -0.3 is 0 Å². The molecule has 1 nitrogen and oxygen atoms in total. The van der Waals surface area contributed by atoms with Crippen LogP contribution >= 0.6 is 0 Å². The minimum Gasteiger partial charge on any atom is -0.206 e. The molecule has 0 aromatic carbocycles. The molecule has 0 aromatic rings. The van der Waals surface area contributed by atoms with Gasteiger partial charge in [-0.05, 0) is 6.08 Å². The third-order valence-electron chi connectivity index (χ3n) is 0.697. The maximum Gasteiger partial charge on any atom is 0.133 e. The van der Waals surface area contributed by atoms with Crippen molar-refractivity contribution in [2.75, 3.05) is 0 Å². The first-order valence-electron chi connectivity index (χ1n) is 2.30. The van der Waals surface area contributed by atoms with E-state index in [2.05, 4.69) is 13.2 Å². The van der Waals surface area contributed by atoms with E-state index in [1.807, 2.05) is 0 Å². The Morgan fingerprint density at radius 2 is 2.22 bits per heavy atom. The lowest BCUT2D eigenvalue weighted by Gasteiger charge is -1.84. The second kappa shape index (κ2) is 3.62. The van der Waals surface area contributed by atoms with Gasteiger partial charge >= 0.3 is 0 Å². The van der Waals surface area contributed by atoms with Crippen molar-refractivity contribution in [3.63, 3.8) is 0 Å². The highest BCUT2D eigenvalue weighted by Crippen LogP contribution is 2.06. The van der Waals surface area contributed by atoms with Crippen molar-refractivity contribution < 1.29 is 4.39 Å². The molecule has 0 bridgehead atoms. The molecule has 46 valence electrons. The molecule has 0 unspecified atom stereocenters. The standard InChI is InChI=1S/C7H6FN/c1-3-4-7(5-9)6(2)8/h3-4H,1-2H2. The van der Waals surface area contributed by atoms with Gasteiger partial charge in [-0.25, -0.2) is 4.39 Å². The van der Waals surface area contributed by atoms with E-state index < -0.39 is 5.83 Å². The first kappa shape index (κ1) is 7.64. The Morgan fingerprint density at radius 1 is 1.67 bits per heavy atom. The highest BCUT2D eigenvalue weighted by Gasteiger charge is 1.95. The van der Waals surface area contributed by atoms with Crippen LogP contribution in [0.15, 0.2) is 36.7 Å². The van der Waals surface area contributed by atoms with Crippen molar-refractivity contribution >= 4 is 0 Å². The second-order valence-electron chi connectivity index (χ2n) is 1.33. The number of halogens is 1. The topological polar surface area (TPSA) is 23.8 Å². The van der Waals surface area contributed by atoms with Crippen LogP contribution in [0.3, 0.4) is 0 Å². The molecule has 2 heteroatoms. The number of nitrogens with zero attached hydrogens (tertiary/aromatic N) is 1. The summed E-state index contributed by atoms with van der Waals surface area (Å²) in [5, 5.41) is 8.16. The molecule has 0 N–H and O–H groups in total. The molecule has 0 saturated heterocycles. The minimum absolute atomic E-state index is 0.0787. The lowest BCUT2D eigenvalue weighted by molar-refractivity contribution is 0.662. The summed E-state index contributed by atoms with van der Waals surface area (Å²) in [4.78, 5) is 0. The van der Waals surface area contributed by atoms with E-state index in [0.29, 0.717) is 0 Å². The quantitative estimate of drug-likeness (QED) is 0.407. The largest absolute Gasteiger partial charge is 0.206 e. The van der Waals surface area contributed by atoms with Gasteiger partial charge in [-0.15, -0.1) is 0 Å². The third kappa shape index (κ3) is 2.45. The molecule has 0 rings (SSSR count). The summed E-state index contributed by atoms with van der Waals surface area (Å²) in [6, 6.07) is 1.62. The Kier molecular flexibility index (Phi) is 3.07. The molecule has 0 saturated carbocycles. The summed E-state index contributed by atoms with van der Waals surface area (Å²) in [7, 11) is 0. The molecule has 0 aliphatic carbocycles. The van der Waals surface area contributed by atoms with Crippen molar-refractivity contribution in [3.8, 4) is 6.07 Å². The van der Waals surface area contributed by atoms with E-state index in [-0.39, 0.29) is 5.57 Å². The van der Waals surface area contributed by atoms with E-state index in [1.54, 1.807) is 6.07 Å². The van der Waals surface area contributed by atoms with E-state index in [9.17, 15) is 4.39 Å². The summed E-state index contributed by atoms with van der Waals surface area (Å²) in [6.07, 6.45) is 2.60. The highest BCUT2D eigenvalue weighted by atomic mass is 19.1. The molecule has 0 atom stereocenters. The van der Waals surface area contributed by atoms with Gasteiger partial charge in [0.1, 0.15) is 11.9 Å². The maximum absolute atomic E-state index is 12.0. The summed E-state index contributed by atoms with van der Waals surface area (Å²) < 4.78 is 12.0. The van der Waals surface area contributed by atoms with Crippen LogP contribution in [0.4, 0.5) is 4.39 Å². The van der Waals surface area contributed by atoms with E-state index in [4.69, 9.17) is 5.26 Å². The summed E-state index contributed by atoms with van der Waals surface area (Å²) in [5.74, 6) is -0.725. The fraction of sp³-hybridized carbons (Fsp3) is 0. The van der Waals surface area contributed by atoms with Crippen LogP contribution in [0.1, 0.15) is 0 Å². The zero-order valence-corrected chi connectivity index (χ0v) is 4.89. The van der Waals surface area contributed by atoms with Gasteiger partial charge in [0.05, 0.1) is 5.57 Å². The van der Waals surface area contributed by atoms with Crippen molar-refractivity contribution in [2.45, 2.75) is 0 Å². The number of rotatable bonds is 2. The van der Waals surface area contributed by atoms with Crippen molar-refractivity contribution in [2.24, 2.45) is 0 Å². The fourth-order valence-electron chi connectivity index (χ4n) is 0.306. The molecule has 0 radical (unpaired) electrons. The van der Waals surface area contributed by atoms with Crippen LogP contribution in [0, 0.1) is 11.3 Å². The number of hydrogen-bond acceptors (Lipinski definition) is 1. The molecule has 0 aromatic heterocycles. The molecule has 0 amide bonds. The van der Waals surface area contributed by atoms with Crippen molar-refractivity contribution in [1.82, 2.24) is 0 Å². The lowest BCUT2D eigenvalue weighted by Crippen LogP contribution is -1.74. The van der Waals surface area contributed by atoms with Crippen LogP contribution in [-0.2, 0) is 0 Å². The molecule has 0 fully saturated rings. The van der Waals surface area contributed by atoms with Crippen LogP contribution < -0.4 is 0 Å². The zero-order valence-electron chi connectivity index (χ0n) is 4.89. The van der Waals surface area contributed by atoms with E-state index in [1.165, 1.54) is 12.2 Å². The lowest BCUT2D eigenvalue weighted by atomic mass is 10.2.